The van der Waals surface area contributed by atoms with E-state index in [9.17, 15) is 9.59 Å². The summed E-state index contributed by atoms with van der Waals surface area (Å²) in [4.78, 5) is 25.5. The third-order valence-corrected chi connectivity index (χ3v) is 1.34. The first-order valence-corrected chi connectivity index (χ1v) is 2.87. The Kier molecular flexibility index (Phi) is 3.32. The number of likely N-dealkylation sites (N-methyl/N-ethyl adjacent to an activating group) is 1. The minimum Gasteiger partial charge on any atom is -0.465 e. The number of amides is 1. The van der Waals surface area contributed by atoms with Crippen LogP contribution in [0.5, 0.6) is 0 Å². The van der Waals surface area contributed by atoms with E-state index in [0.717, 1.165) is 4.90 Å². The van der Waals surface area contributed by atoms with Crippen molar-refractivity contribution in [1.29, 1.82) is 0 Å². The molecule has 1 atom stereocenters. The molecule has 0 radical (unpaired) electrons. The third kappa shape index (κ3) is 2.42. The molecule has 3 N–H and O–H groups in total. The molecule has 0 aromatic carbocycles. The SMILES string of the molecule is C[C@H](C(=O)ON)N(C)C(=O)O. The van der Waals surface area contributed by atoms with Gasteiger partial charge < -0.3 is 9.94 Å². The van der Waals surface area contributed by atoms with E-state index < -0.39 is 18.1 Å². The fourth-order valence-electron chi connectivity index (χ4n) is 0.422. The summed E-state index contributed by atoms with van der Waals surface area (Å²) in [7, 11) is 1.25. The Morgan fingerprint density at radius 2 is 2.09 bits per heavy atom. The first-order chi connectivity index (χ1) is 5.00. The van der Waals surface area contributed by atoms with E-state index in [1.54, 1.807) is 0 Å². The van der Waals surface area contributed by atoms with Gasteiger partial charge in [-0.15, -0.1) is 0 Å². The highest BCUT2D eigenvalue weighted by molar-refractivity contribution is 5.79. The van der Waals surface area contributed by atoms with Crippen molar-refractivity contribution in [2.24, 2.45) is 5.90 Å². The maximum atomic E-state index is 10.6. The van der Waals surface area contributed by atoms with Gasteiger partial charge in [0.25, 0.3) is 0 Å². The Morgan fingerprint density at radius 1 is 1.64 bits per heavy atom. The van der Waals surface area contributed by atoms with Crippen LogP contribution in [0.4, 0.5) is 4.79 Å². The molecule has 11 heavy (non-hydrogen) atoms. The summed E-state index contributed by atoms with van der Waals surface area (Å²) in [6, 6.07) is -0.877. The second-order valence-electron chi connectivity index (χ2n) is 2.01. The highest BCUT2D eigenvalue weighted by Gasteiger charge is 2.22. The number of hydrogen-bond acceptors (Lipinski definition) is 4. The molecule has 0 aromatic heterocycles. The van der Waals surface area contributed by atoms with Crippen molar-refractivity contribution in [3.8, 4) is 0 Å². The number of hydrogen-bond donors (Lipinski definition) is 2. The van der Waals surface area contributed by atoms with E-state index >= 15 is 0 Å². The minimum atomic E-state index is -1.21. The summed E-state index contributed by atoms with van der Waals surface area (Å²) < 4.78 is 0. The van der Waals surface area contributed by atoms with Gasteiger partial charge in [-0.2, -0.15) is 5.90 Å². The largest absolute Gasteiger partial charge is 0.465 e. The Hall–Kier alpha value is -1.30. The molecule has 6 heteroatoms. The molecule has 0 saturated heterocycles. The van der Waals surface area contributed by atoms with Gasteiger partial charge in [0.05, 0.1) is 0 Å². The van der Waals surface area contributed by atoms with E-state index in [-0.39, 0.29) is 0 Å². The number of nitrogens with zero attached hydrogens (tertiary/aromatic N) is 1. The van der Waals surface area contributed by atoms with Crippen LogP contribution in [0.15, 0.2) is 0 Å². The van der Waals surface area contributed by atoms with Crippen LogP contribution in [-0.2, 0) is 9.63 Å². The first kappa shape index (κ1) is 9.70. The van der Waals surface area contributed by atoms with E-state index in [1.165, 1.54) is 14.0 Å². The molecule has 0 spiro atoms. The predicted octanol–water partition coefficient (Wildman–Crippen LogP) is -0.598. The average molecular weight is 162 g/mol. The molecule has 0 aliphatic rings. The summed E-state index contributed by atoms with van der Waals surface area (Å²) in [6.07, 6.45) is -1.21. The molecule has 0 heterocycles. The van der Waals surface area contributed by atoms with Crippen molar-refractivity contribution in [2.75, 3.05) is 7.05 Å². The summed E-state index contributed by atoms with van der Waals surface area (Å²) in [5, 5.41) is 8.37. The second kappa shape index (κ2) is 3.77. The van der Waals surface area contributed by atoms with Crippen LogP contribution in [0.25, 0.3) is 0 Å². The molecule has 0 unspecified atom stereocenters. The lowest BCUT2D eigenvalue weighted by Crippen LogP contribution is -2.41. The lowest BCUT2D eigenvalue weighted by molar-refractivity contribution is -0.148. The van der Waals surface area contributed by atoms with Crippen LogP contribution in [-0.4, -0.2) is 35.2 Å². The van der Waals surface area contributed by atoms with Crippen LogP contribution >= 0.6 is 0 Å². The molecule has 0 fully saturated rings. The van der Waals surface area contributed by atoms with Crippen LogP contribution < -0.4 is 5.90 Å². The standard InChI is InChI=1S/C5H10N2O4/c1-3(4(8)11-6)7(2)5(9)10/h3H,6H2,1-2H3,(H,9,10)/t3-/m1/s1. The molecule has 6 nitrogen and oxygen atoms in total. The van der Waals surface area contributed by atoms with E-state index in [4.69, 9.17) is 5.11 Å². The quantitative estimate of drug-likeness (QED) is 0.529. The lowest BCUT2D eigenvalue weighted by atomic mass is 10.3. The average Bonchev–Trinajstić information content (AvgIpc) is 2.00. The van der Waals surface area contributed by atoms with Crippen LogP contribution in [0.3, 0.4) is 0 Å². The van der Waals surface area contributed by atoms with Crippen molar-refractivity contribution in [3.63, 3.8) is 0 Å². The lowest BCUT2D eigenvalue weighted by Gasteiger charge is -2.18. The van der Waals surface area contributed by atoms with Crippen LogP contribution in [0, 0.1) is 0 Å². The van der Waals surface area contributed by atoms with Gasteiger partial charge in [-0.25, -0.2) is 9.59 Å². The smallest absolute Gasteiger partial charge is 0.407 e. The molecule has 0 aliphatic carbocycles. The zero-order chi connectivity index (χ0) is 9.02. The van der Waals surface area contributed by atoms with Crippen molar-refractivity contribution < 1.29 is 19.5 Å². The number of nitrogens with two attached hydrogens (primary N) is 1. The van der Waals surface area contributed by atoms with Crippen molar-refractivity contribution >= 4 is 12.1 Å². The zero-order valence-corrected chi connectivity index (χ0v) is 6.27. The van der Waals surface area contributed by atoms with Crippen LogP contribution in [0.1, 0.15) is 6.92 Å². The summed E-state index contributed by atoms with van der Waals surface area (Å²) in [6.45, 7) is 1.38. The van der Waals surface area contributed by atoms with Crippen molar-refractivity contribution in [3.05, 3.63) is 0 Å². The molecular weight excluding hydrogens is 152 g/mol. The van der Waals surface area contributed by atoms with Gasteiger partial charge in [0.2, 0.25) is 0 Å². The molecule has 0 bridgehead atoms. The van der Waals surface area contributed by atoms with E-state index in [2.05, 4.69) is 10.7 Å². The van der Waals surface area contributed by atoms with Gasteiger partial charge in [0, 0.05) is 7.05 Å². The highest BCUT2D eigenvalue weighted by Crippen LogP contribution is 1.96. The zero-order valence-electron chi connectivity index (χ0n) is 6.27. The molecule has 0 aliphatic heterocycles. The normalized spacial score (nSPS) is 11.9. The van der Waals surface area contributed by atoms with Crippen molar-refractivity contribution in [2.45, 2.75) is 13.0 Å². The fourth-order valence-corrected chi connectivity index (χ4v) is 0.422. The van der Waals surface area contributed by atoms with Crippen LogP contribution in [0.2, 0.25) is 0 Å². The maximum Gasteiger partial charge on any atom is 0.407 e. The molecule has 64 valence electrons. The van der Waals surface area contributed by atoms with Gasteiger partial charge in [0.1, 0.15) is 6.04 Å². The van der Waals surface area contributed by atoms with E-state index in [0.29, 0.717) is 0 Å². The summed E-state index contributed by atoms with van der Waals surface area (Å²) in [5.74, 6) is 3.76. The number of carboxylic acid groups (broad SMARTS) is 1. The Balaban J connectivity index is 4.12. The Bertz CT molecular complexity index is 170. The molecule has 0 rings (SSSR count). The Morgan fingerprint density at radius 3 is 2.36 bits per heavy atom. The fraction of sp³-hybridized carbons (Fsp3) is 0.600. The maximum absolute atomic E-state index is 10.6. The summed E-state index contributed by atoms with van der Waals surface area (Å²) >= 11 is 0. The van der Waals surface area contributed by atoms with Gasteiger partial charge >= 0.3 is 12.1 Å². The second-order valence-corrected chi connectivity index (χ2v) is 2.01. The first-order valence-electron chi connectivity index (χ1n) is 2.87. The molecular formula is C5H10N2O4. The third-order valence-electron chi connectivity index (χ3n) is 1.34. The molecule has 0 aromatic rings. The van der Waals surface area contributed by atoms with E-state index in [1.807, 2.05) is 0 Å². The number of carbonyl (C=O) groups is 2. The highest BCUT2D eigenvalue weighted by atomic mass is 16.7. The topological polar surface area (TPSA) is 92.9 Å². The Labute approximate surface area is 63.5 Å². The number of rotatable bonds is 2. The molecule has 1 amide bonds. The van der Waals surface area contributed by atoms with Gasteiger partial charge in [-0.1, -0.05) is 0 Å². The monoisotopic (exact) mass is 162 g/mol. The predicted molar refractivity (Wildman–Crippen MR) is 35.5 cm³/mol. The van der Waals surface area contributed by atoms with Gasteiger partial charge in [0.15, 0.2) is 0 Å². The number of carbonyl (C=O) groups excluding carboxylic acids is 1. The van der Waals surface area contributed by atoms with Gasteiger partial charge in [-0.05, 0) is 6.92 Å². The summed E-state index contributed by atoms with van der Waals surface area (Å²) in [5.41, 5.74) is 0. The van der Waals surface area contributed by atoms with Crippen molar-refractivity contribution in [1.82, 2.24) is 4.90 Å². The molecule has 0 saturated carbocycles. The van der Waals surface area contributed by atoms with Gasteiger partial charge in [-0.3, -0.25) is 4.90 Å². The minimum absolute atomic E-state index is 0.782.